The van der Waals surface area contributed by atoms with Gasteiger partial charge in [-0.25, -0.2) is 0 Å². The van der Waals surface area contributed by atoms with Gasteiger partial charge < -0.3 is 9.64 Å². The first-order valence-electron chi connectivity index (χ1n) is 8.05. The molecule has 0 radical (unpaired) electrons. The number of methoxy groups -OCH3 is 1. The average molecular weight is 297 g/mol. The van der Waals surface area contributed by atoms with Crippen LogP contribution in [0.15, 0.2) is 42.5 Å². The van der Waals surface area contributed by atoms with Gasteiger partial charge in [0.1, 0.15) is 0 Å². The molecule has 0 aliphatic carbocycles. The molecular formula is C19H23NO2. The van der Waals surface area contributed by atoms with Crippen LogP contribution in [0.2, 0.25) is 0 Å². The van der Waals surface area contributed by atoms with Crippen LogP contribution in [0.5, 0.6) is 0 Å². The van der Waals surface area contributed by atoms with Gasteiger partial charge in [0, 0.05) is 13.1 Å². The summed E-state index contributed by atoms with van der Waals surface area (Å²) in [7, 11) is 1.48. The highest BCUT2D eigenvalue weighted by Crippen LogP contribution is 2.21. The van der Waals surface area contributed by atoms with Crippen LogP contribution in [-0.4, -0.2) is 37.6 Å². The predicted molar refractivity (Wildman–Crippen MR) is 88.8 cm³/mol. The van der Waals surface area contributed by atoms with Crippen molar-refractivity contribution in [3.8, 4) is 0 Å². The van der Waals surface area contributed by atoms with Crippen molar-refractivity contribution in [3.05, 3.63) is 48.0 Å². The summed E-state index contributed by atoms with van der Waals surface area (Å²) >= 11 is 0. The Kier molecular flexibility index (Phi) is 4.74. The van der Waals surface area contributed by atoms with E-state index in [4.69, 9.17) is 4.74 Å². The molecule has 0 N–H and O–H groups in total. The molecule has 3 nitrogen and oxygen atoms in total. The van der Waals surface area contributed by atoms with Gasteiger partial charge in [-0.3, -0.25) is 4.79 Å². The van der Waals surface area contributed by atoms with E-state index in [-0.39, 0.29) is 11.9 Å². The minimum Gasteiger partial charge on any atom is -0.469 e. The van der Waals surface area contributed by atoms with E-state index < -0.39 is 0 Å². The Hall–Kier alpha value is -1.87. The monoisotopic (exact) mass is 297 g/mol. The van der Waals surface area contributed by atoms with E-state index in [9.17, 15) is 4.79 Å². The zero-order valence-corrected chi connectivity index (χ0v) is 13.1. The van der Waals surface area contributed by atoms with Crippen LogP contribution in [0, 0.1) is 5.92 Å². The molecule has 0 spiro atoms. The number of piperidine rings is 1. The third kappa shape index (κ3) is 3.30. The maximum Gasteiger partial charge on any atom is 0.309 e. The lowest BCUT2D eigenvalue weighted by molar-refractivity contribution is -0.147. The van der Waals surface area contributed by atoms with Gasteiger partial charge in [-0.15, -0.1) is 0 Å². The number of fused-ring (bicyclic) bond motifs is 1. The Morgan fingerprint density at radius 2 is 2.05 bits per heavy atom. The Morgan fingerprint density at radius 1 is 1.23 bits per heavy atom. The molecule has 1 aliphatic rings. The molecule has 0 bridgehead atoms. The van der Waals surface area contributed by atoms with Crippen LogP contribution in [0.4, 0.5) is 0 Å². The first-order valence-corrected chi connectivity index (χ1v) is 8.05. The number of carbonyl (C=O) groups is 1. The summed E-state index contributed by atoms with van der Waals surface area (Å²) in [4.78, 5) is 14.1. The van der Waals surface area contributed by atoms with Crippen molar-refractivity contribution in [2.24, 2.45) is 5.92 Å². The van der Waals surface area contributed by atoms with Crippen LogP contribution in [-0.2, 0) is 16.0 Å². The van der Waals surface area contributed by atoms with E-state index in [1.807, 2.05) is 0 Å². The number of nitrogens with zero attached hydrogens (tertiary/aromatic N) is 1. The maximum atomic E-state index is 11.7. The summed E-state index contributed by atoms with van der Waals surface area (Å²) in [6, 6.07) is 15.0. The van der Waals surface area contributed by atoms with E-state index in [1.165, 1.54) is 23.4 Å². The van der Waals surface area contributed by atoms with Crippen molar-refractivity contribution in [1.82, 2.24) is 4.90 Å². The molecule has 116 valence electrons. The molecule has 3 heteroatoms. The molecule has 0 saturated carbocycles. The molecule has 1 unspecified atom stereocenters. The second kappa shape index (κ2) is 6.93. The molecule has 2 aromatic rings. The van der Waals surface area contributed by atoms with Gasteiger partial charge in [-0.05, 0) is 42.1 Å². The molecule has 3 rings (SSSR count). The van der Waals surface area contributed by atoms with E-state index >= 15 is 0 Å². The number of ether oxygens (including phenoxy) is 1. The lowest BCUT2D eigenvalue weighted by Crippen LogP contribution is -2.40. The normalized spacial score (nSPS) is 19.2. The van der Waals surface area contributed by atoms with Gasteiger partial charge in [0.25, 0.3) is 0 Å². The number of carbonyl (C=O) groups excluding carboxylic acids is 1. The second-order valence-electron chi connectivity index (χ2n) is 6.05. The smallest absolute Gasteiger partial charge is 0.309 e. The Morgan fingerprint density at radius 3 is 2.91 bits per heavy atom. The Balaban J connectivity index is 1.65. The van der Waals surface area contributed by atoms with Gasteiger partial charge in [0.05, 0.1) is 13.0 Å². The standard InChI is InChI=1S/C19H23NO2/c1-22-19(21)17-9-5-12-20(14-17)13-11-16-8-4-7-15-6-2-3-10-18(15)16/h2-4,6-8,10,17H,5,9,11-14H2,1H3. The van der Waals surface area contributed by atoms with Crippen LogP contribution in [0.3, 0.4) is 0 Å². The molecule has 2 aromatic carbocycles. The molecule has 1 atom stereocenters. The average Bonchev–Trinajstić information content (AvgIpc) is 2.59. The third-order valence-electron chi connectivity index (χ3n) is 4.62. The highest BCUT2D eigenvalue weighted by Gasteiger charge is 2.26. The molecule has 0 aromatic heterocycles. The summed E-state index contributed by atoms with van der Waals surface area (Å²) < 4.78 is 4.89. The maximum absolute atomic E-state index is 11.7. The summed E-state index contributed by atoms with van der Waals surface area (Å²) in [6.45, 7) is 2.91. The molecular weight excluding hydrogens is 274 g/mol. The van der Waals surface area contributed by atoms with Crippen molar-refractivity contribution in [3.63, 3.8) is 0 Å². The van der Waals surface area contributed by atoms with Crippen LogP contribution in [0.25, 0.3) is 10.8 Å². The molecule has 22 heavy (non-hydrogen) atoms. The van der Waals surface area contributed by atoms with Crippen LogP contribution < -0.4 is 0 Å². The fraction of sp³-hybridized carbons (Fsp3) is 0.421. The van der Waals surface area contributed by atoms with Gasteiger partial charge >= 0.3 is 5.97 Å². The van der Waals surface area contributed by atoms with E-state index in [2.05, 4.69) is 47.4 Å². The molecule has 1 fully saturated rings. The first kappa shape index (κ1) is 15.0. The number of hydrogen-bond donors (Lipinski definition) is 0. The summed E-state index contributed by atoms with van der Waals surface area (Å²) in [5.74, 6) is -0.0128. The van der Waals surface area contributed by atoms with Crippen molar-refractivity contribution < 1.29 is 9.53 Å². The molecule has 0 amide bonds. The van der Waals surface area contributed by atoms with Crippen molar-refractivity contribution in [2.75, 3.05) is 26.7 Å². The highest BCUT2D eigenvalue weighted by atomic mass is 16.5. The fourth-order valence-corrected chi connectivity index (χ4v) is 3.41. The van der Waals surface area contributed by atoms with Gasteiger partial charge in [-0.2, -0.15) is 0 Å². The largest absolute Gasteiger partial charge is 0.469 e. The van der Waals surface area contributed by atoms with Crippen LogP contribution >= 0.6 is 0 Å². The number of esters is 1. The first-order chi connectivity index (χ1) is 10.8. The van der Waals surface area contributed by atoms with Crippen molar-refractivity contribution in [1.29, 1.82) is 0 Å². The van der Waals surface area contributed by atoms with E-state index in [1.54, 1.807) is 0 Å². The SMILES string of the molecule is COC(=O)C1CCCN(CCc2cccc3ccccc23)C1. The van der Waals surface area contributed by atoms with E-state index in [0.717, 1.165) is 38.9 Å². The van der Waals surface area contributed by atoms with Crippen molar-refractivity contribution in [2.45, 2.75) is 19.3 Å². The predicted octanol–water partition coefficient (Wildman–Crippen LogP) is 3.27. The van der Waals surface area contributed by atoms with Gasteiger partial charge in [-0.1, -0.05) is 42.5 Å². The Bertz CT molecular complexity index is 647. The van der Waals surface area contributed by atoms with E-state index in [0.29, 0.717) is 0 Å². The van der Waals surface area contributed by atoms with Gasteiger partial charge in [0.2, 0.25) is 0 Å². The third-order valence-corrected chi connectivity index (χ3v) is 4.62. The molecule has 1 saturated heterocycles. The number of benzene rings is 2. The summed E-state index contributed by atoms with van der Waals surface area (Å²) in [6.07, 6.45) is 3.06. The fourth-order valence-electron chi connectivity index (χ4n) is 3.41. The molecule has 1 heterocycles. The zero-order chi connectivity index (χ0) is 15.4. The number of hydrogen-bond acceptors (Lipinski definition) is 3. The van der Waals surface area contributed by atoms with Crippen molar-refractivity contribution >= 4 is 16.7 Å². The summed E-state index contributed by atoms with van der Waals surface area (Å²) in [5, 5.41) is 2.64. The van der Waals surface area contributed by atoms with Gasteiger partial charge in [0.15, 0.2) is 0 Å². The minimum atomic E-state index is -0.0603. The quantitative estimate of drug-likeness (QED) is 0.811. The lowest BCUT2D eigenvalue weighted by atomic mass is 9.97. The lowest BCUT2D eigenvalue weighted by Gasteiger charge is -2.31. The summed E-state index contributed by atoms with van der Waals surface area (Å²) in [5.41, 5.74) is 1.39. The van der Waals surface area contributed by atoms with Crippen LogP contribution in [0.1, 0.15) is 18.4 Å². The number of rotatable bonds is 4. The number of likely N-dealkylation sites (tertiary alicyclic amines) is 1. The highest BCUT2D eigenvalue weighted by molar-refractivity contribution is 5.85. The molecule has 1 aliphatic heterocycles. The zero-order valence-electron chi connectivity index (χ0n) is 13.1. The minimum absolute atomic E-state index is 0.0475. The topological polar surface area (TPSA) is 29.5 Å². The second-order valence-corrected chi connectivity index (χ2v) is 6.05. The Labute approximate surface area is 131 Å².